The summed E-state index contributed by atoms with van der Waals surface area (Å²) >= 11 is 12.4. The zero-order valence-corrected chi connectivity index (χ0v) is 16.2. The molecule has 7 heteroatoms. The summed E-state index contributed by atoms with van der Waals surface area (Å²) in [5, 5.41) is 4.55. The smallest absolute Gasteiger partial charge is 0.167 e. The van der Waals surface area contributed by atoms with Gasteiger partial charge in [0.05, 0.1) is 10.0 Å². The Kier molecular flexibility index (Phi) is 5.94. The molecule has 0 saturated carbocycles. The van der Waals surface area contributed by atoms with Gasteiger partial charge < -0.3 is 9.64 Å². The molecule has 0 aromatic heterocycles. The topological polar surface area (TPSA) is 61.2 Å². The van der Waals surface area contributed by atoms with Crippen molar-refractivity contribution in [2.75, 3.05) is 20.8 Å². The Labute approximate surface area is 163 Å². The number of likely N-dealkylation sites (N-methyl/N-ethyl adjacent to an activating group) is 1. The van der Waals surface area contributed by atoms with E-state index in [0.717, 1.165) is 18.4 Å². The molecule has 0 radical (unpaired) electrons. The van der Waals surface area contributed by atoms with Crippen molar-refractivity contribution >= 4 is 23.2 Å². The van der Waals surface area contributed by atoms with Crippen molar-refractivity contribution in [1.29, 1.82) is 0 Å². The van der Waals surface area contributed by atoms with E-state index in [1.165, 1.54) is 11.1 Å². The first-order chi connectivity index (χ1) is 12.5. The number of ether oxygens (including phenoxy) is 1. The molecule has 0 heterocycles. The Balaban J connectivity index is 2.00. The minimum absolute atomic E-state index is 0.0208. The van der Waals surface area contributed by atoms with Gasteiger partial charge in [-0.05, 0) is 73.4 Å². The summed E-state index contributed by atoms with van der Waals surface area (Å²) in [7, 11) is 4.22. The highest BCUT2D eigenvalue weighted by atomic mass is 35.5. The maximum atomic E-state index is 8.41. The number of rotatable bonds is 5. The second kappa shape index (κ2) is 8.19. The van der Waals surface area contributed by atoms with Crippen molar-refractivity contribution in [2.24, 2.45) is 5.11 Å². The fraction of sp³-hybridized carbons (Fsp3) is 0.368. The predicted octanol–water partition coefficient (Wildman–Crippen LogP) is 5.65. The van der Waals surface area contributed by atoms with Gasteiger partial charge in [-0.3, -0.25) is 0 Å². The average molecular weight is 391 g/mol. The van der Waals surface area contributed by atoms with Crippen molar-refractivity contribution in [3.05, 3.63) is 73.6 Å². The van der Waals surface area contributed by atoms with Crippen LogP contribution in [0.4, 0.5) is 0 Å². The fourth-order valence-electron chi connectivity index (χ4n) is 3.48. The lowest BCUT2D eigenvalue weighted by Crippen LogP contribution is -2.35. The third kappa shape index (κ3) is 4.08. The molecule has 0 N–H and O–H groups in total. The molecule has 0 bridgehead atoms. The van der Waals surface area contributed by atoms with Crippen LogP contribution >= 0.6 is 23.2 Å². The maximum absolute atomic E-state index is 8.41. The number of nitrogens with zero attached hydrogens (tertiary/aromatic N) is 4. The molecule has 1 aliphatic rings. The summed E-state index contributed by atoms with van der Waals surface area (Å²) in [4.78, 5) is 4.98. The molecule has 5 nitrogen and oxygen atoms in total. The molecule has 0 fully saturated rings. The SMILES string of the molecule is CN(C)[C@H]1Cc2ccc(OCN=[N+]=[N-])cc2[C@H](c2ccc(Cl)c(Cl)c2)C1. The van der Waals surface area contributed by atoms with Crippen LogP contribution in [0.15, 0.2) is 41.5 Å². The molecule has 1 aliphatic carbocycles. The van der Waals surface area contributed by atoms with Crippen LogP contribution in [0.1, 0.15) is 29.0 Å². The molecule has 0 unspecified atom stereocenters. The number of fused-ring (bicyclic) bond motifs is 1. The zero-order chi connectivity index (χ0) is 18.7. The Morgan fingerprint density at radius 2 is 2.00 bits per heavy atom. The van der Waals surface area contributed by atoms with Gasteiger partial charge in [-0.25, -0.2) is 0 Å². The van der Waals surface area contributed by atoms with E-state index in [1.807, 2.05) is 30.3 Å². The highest BCUT2D eigenvalue weighted by Crippen LogP contribution is 2.41. The van der Waals surface area contributed by atoms with Crippen molar-refractivity contribution in [2.45, 2.75) is 24.8 Å². The van der Waals surface area contributed by atoms with Crippen molar-refractivity contribution in [3.63, 3.8) is 0 Å². The van der Waals surface area contributed by atoms with Gasteiger partial charge in [-0.1, -0.05) is 40.4 Å². The van der Waals surface area contributed by atoms with Gasteiger partial charge in [0, 0.05) is 16.9 Å². The standard InChI is InChI=1S/C19H20Cl2N4O/c1-25(2)14-7-12-3-5-15(26-11-23-24-22)10-17(12)16(9-14)13-4-6-18(20)19(21)8-13/h3-6,8,10,14,16H,7,9,11H2,1-2H3/t14-,16-/m0/s1. The molecular weight excluding hydrogens is 371 g/mol. The van der Waals surface area contributed by atoms with E-state index in [-0.39, 0.29) is 12.6 Å². The van der Waals surface area contributed by atoms with Crippen LogP contribution in [0.25, 0.3) is 10.4 Å². The number of hydrogen-bond donors (Lipinski definition) is 0. The Morgan fingerprint density at radius 3 is 2.69 bits per heavy atom. The Hall–Kier alpha value is -1.91. The maximum Gasteiger partial charge on any atom is 0.167 e. The quantitative estimate of drug-likeness (QED) is 0.376. The largest absolute Gasteiger partial charge is 0.488 e. The van der Waals surface area contributed by atoms with Crippen LogP contribution in [0.2, 0.25) is 10.0 Å². The molecule has 2 atom stereocenters. The average Bonchev–Trinajstić information content (AvgIpc) is 2.63. The van der Waals surface area contributed by atoms with E-state index < -0.39 is 0 Å². The van der Waals surface area contributed by atoms with Crippen molar-refractivity contribution in [1.82, 2.24) is 4.90 Å². The highest BCUT2D eigenvalue weighted by Gasteiger charge is 2.30. The fourth-order valence-corrected chi connectivity index (χ4v) is 3.78. The van der Waals surface area contributed by atoms with Crippen molar-refractivity contribution < 1.29 is 4.74 Å². The third-order valence-electron chi connectivity index (χ3n) is 4.88. The molecule has 2 aromatic rings. The first-order valence-corrected chi connectivity index (χ1v) is 9.13. The second-order valence-corrected chi connectivity index (χ2v) is 7.46. The minimum Gasteiger partial charge on any atom is -0.488 e. The number of hydrogen-bond acceptors (Lipinski definition) is 3. The molecule has 26 heavy (non-hydrogen) atoms. The Bertz CT molecular complexity index is 849. The third-order valence-corrected chi connectivity index (χ3v) is 5.62. The molecule has 2 aromatic carbocycles. The van der Waals surface area contributed by atoms with Crippen LogP contribution in [0, 0.1) is 0 Å². The summed E-state index contributed by atoms with van der Waals surface area (Å²) in [6, 6.07) is 12.3. The van der Waals surface area contributed by atoms with E-state index in [1.54, 1.807) is 0 Å². The van der Waals surface area contributed by atoms with E-state index in [2.05, 4.69) is 35.1 Å². The normalized spacial score (nSPS) is 19.0. The number of benzene rings is 2. The van der Waals surface area contributed by atoms with E-state index in [9.17, 15) is 0 Å². The van der Waals surface area contributed by atoms with Gasteiger partial charge in [0.15, 0.2) is 6.73 Å². The summed E-state index contributed by atoms with van der Waals surface area (Å²) < 4.78 is 5.54. The second-order valence-electron chi connectivity index (χ2n) is 6.65. The molecule has 3 rings (SSSR count). The molecule has 0 saturated heterocycles. The summed E-state index contributed by atoms with van der Waals surface area (Å²) in [6.45, 7) is -0.0208. The molecular formula is C19H20Cl2N4O. The van der Waals surface area contributed by atoms with E-state index in [0.29, 0.717) is 21.8 Å². The highest BCUT2D eigenvalue weighted by molar-refractivity contribution is 6.42. The predicted molar refractivity (Wildman–Crippen MR) is 105 cm³/mol. The summed E-state index contributed by atoms with van der Waals surface area (Å²) in [6.07, 6.45) is 1.97. The van der Waals surface area contributed by atoms with Crippen LogP contribution < -0.4 is 4.74 Å². The van der Waals surface area contributed by atoms with E-state index in [4.69, 9.17) is 33.5 Å². The van der Waals surface area contributed by atoms with Crippen LogP contribution in [0.3, 0.4) is 0 Å². The summed E-state index contributed by atoms with van der Waals surface area (Å²) in [5.41, 5.74) is 12.1. The van der Waals surface area contributed by atoms with Gasteiger partial charge >= 0.3 is 0 Å². The minimum atomic E-state index is -0.0208. The van der Waals surface area contributed by atoms with E-state index >= 15 is 0 Å². The first-order valence-electron chi connectivity index (χ1n) is 8.37. The van der Waals surface area contributed by atoms with Gasteiger partial charge in [0.1, 0.15) is 5.75 Å². The van der Waals surface area contributed by atoms with Gasteiger partial charge in [0.25, 0.3) is 0 Å². The molecule has 0 spiro atoms. The van der Waals surface area contributed by atoms with Crippen LogP contribution in [0.5, 0.6) is 5.75 Å². The van der Waals surface area contributed by atoms with Crippen LogP contribution in [-0.2, 0) is 6.42 Å². The molecule has 136 valence electrons. The van der Waals surface area contributed by atoms with Crippen LogP contribution in [-0.4, -0.2) is 31.8 Å². The lowest BCUT2D eigenvalue weighted by atomic mass is 9.76. The van der Waals surface area contributed by atoms with Crippen molar-refractivity contribution in [3.8, 4) is 5.75 Å². The first kappa shape index (κ1) is 18.9. The zero-order valence-electron chi connectivity index (χ0n) is 14.7. The van der Waals surface area contributed by atoms with Gasteiger partial charge in [0.2, 0.25) is 0 Å². The molecule has 0 aliphatic heterocycles. The molecule has 0 amide bonds. The van der Waals surface area contributed by atoms with Gasteiger partial charge in [-0.15, -0.1) is 0 Å². The number of azide groups is 1. The monoisotopic (exact) mass is 390 g/mol. The van der Waals surface area contributed by atoms with Gasteiger partial charge in [-0.2, -0.15) is 0 Å². The Morgan fingerprint density at radius 1 is 1.19 bits per heavy atom. The lowest BCUT2D eigenvalue weighted by molar-refractivity contribution is 0.257. The number of halogens is 2. The lowest BCUT2D eigenvalue weighted by Gasteiger charge is -2.36. The summed E-state index contributed by atoms with van der Waals surface area (Å²) in [5.74, 6) is 0.897.